The van der Waals surface area contributed by atoms with Gasteiger partial charge in [0.15, 0.2) is 11.4 Å². The van der Waals surface area contributed by atoms with Crippen molar-refractivity contribution in [2.45, 2.75) is 6.92 Å². The van der Waals surface area contributed by atoms with Crippen LogP contribution in [-0.2, 0) is 0 Å². The van der Waals surface area contributed by atoms with Gasteiger partial charge in [0.25, 0.3) is 17.4 Å². The molecule has 0 unspecified atom stereocenters. The molecule has 9 nitrogen and oxygen atoms in total. The Bertz CT molecular complexity index is 1230. The minimum absolute atomic E-state index is 0.0811. The largest absolute Gasteiger partial charge is 0.505 e. The molecule has 4 aromatic rings. The Hall–Kier alpha value is -3.05. The van der Waals surface area contributed by atoms with E-state index in [1.807, 2.05) is 12.3 Å². The number of rotatable bonds is 3. The van der Waals surface area contributed by atoms with Crippen molar-refractivity contribution in [3.05, 3.63) is 61.9 Å². The summed E-state index contributed by atoms with van der Waals surface area (Å²) in [5.41, 5.74) is 0.455. The number of halogens is 1. The zero-order valence-corrected chi connectivity index (χ0v) is 16.2. The van der Waals surface area contributed by atoms with Gasteiger partial charge in [-0.1, -0.05) is 15.9 Å². The Labute approximate surface area is 164 Å². The molecule has 3 heterocycles. The number of benzene rings is 1. The minimum atomic E-state index is -0.728. The highest BCUT2D eigenvalue weighted by atomic mass is 79.9. The van der Waals surface area contributed by atoms with Crippen LogP contribution in [0.5, 0.6) is 5.75 Å². The lowest BCUT2D eigenvalue weighted by Crippen LogP contribution is -2.25. The molecule has 3 aromatic heterocycles. The van der Waals surface area contributed by atoms with Crippen LogP contribution in [-0.4, -0.2) is 35.4 Å². The third kappa shape index (κ3) is 3.22. The first-order chi connectivity index (χ1) is 12.9. The molecule has 0 saturated heterocycles. The van der Waals surface area contributed by atoms with E-state index in [0.29, 0.717) is 10.6 Å². The van der Waals surface area contributed by atoms with Crippen LogP contribution in [0.2, 0.25) is 0 Å². The number of fused-ring (bicyclic) bond motifs is 1. The summed E-state index contributed by atoms with van der Waals surface area (Å²) in [5, 5.41) is 22.6. The molecule has 1 amide bonds. The molecule has 0 bridgehead atoms. The number of carbonyl (C=O) groups is 1. The Morgan fingerprint density at radius 2 is 2.00 bits per heavy atom. The number of aromatic hydroxyl groups is 1. The van der Waals surface area contributed by atoms with Crippen molar-refractivity contribution in [3.8, 4) is 11.4 Å². The van der Waals surface area contributed by atoms with Gasteiger partial charge in [-0.2, -0.15) is 14.8 Å². The zero-order valence-electron chi connectivity index (χ0n) is 13.8. The van der Waals surface area contributed by atoms with E-state index in [4.69, 9.17) is 0 Å². The summed E-state index contributed by atoms with van der Waals surface area (Å²) in [4.78, 5) is 29.5. The van der Waals surface area contributed by atoms with Crippen LogP contribution in [0.25, 0.3) is 10.6 Å². The number of nitrogens with one attached hydrogen (secondary N) is 1. The average Bonchev–Trinajstić information content (AvgIpc) is 3.17. The number of aromatic nitrogens is 5. The monoisotopic (exact) mass is 446 g/mol. The molecular formula is C16H11BrN6O3S. The molecular weight excluding hydrogens is 436 g/mol. The van der Waals surface area contributed by atoms with Crippen molar-refractivity contribution in [3.63, 3.8) is 0 Å². The van der Waals surface area contributed by atoms with Crippen molar-refractivity contribution < 1.29 is 9.90 Å². The number of thiazole rings is 1. The third-order valence-electron chi connectivity index (χ3n) is 3.67. The molecule has 0 fully saturated rings. The van der Waals surface area contributed by atoms with Crippen molar-refractivity contribution in [2.75, 3.05) is 5.32 Å². The fourth-order valence-electron chi connectivity index (χ4n) is 2.38. The molecule has 0 aliphatic heterocycles. The minimum Gasteiger partial charge on any atom is -0.505 e. The van der Waals surface area contributed by atoms with E-state index in [9.17, 15) is 14.7 Å². The summed E-state index contributed by atoms with van der Waals surface area (Å²) in [5.74, 6) is -1.17. The van der Waals surface area contributed by atoms with E-state index in [1.165, 1.54) is 11.3 Å². The Morgan fingerprint density at radius 3 is 2.70 bits per heavy atom. The standard InChI is InChI=1S/C16H11BrN6O3S/c1-8-7-27-16-19-15(21-22(8)16)18-14(26)13-11(24)6-12(25)23(20-13)10-4-2-9(17)3-5-10/h2-7,24H,1H3,(H,18,21,26). The van der Waals surface area contributed by atoms with Crippen molar-refractivity contribution >= 4 is 44.1 Å². The summed E-state index contributed by atoms with van der Waals surface area (Å²) < 4.78 is 3.46. The average molecular weight is 447 g/mol. The van der Waals surface area contributed by atoms with Gasteiger partial charge in [0.1, 0.15) is 0 Å². The maximum Gasteiger partial charge on any atom is 0.282 e. The summed E-state index contributed by atoms with van der Waals surface area (Å²) in [6, 6.07) is 7.73. The van der Waals surface area contributed by atoms with Crippen LogP contribution >= 0.6 is 27.3 Å². The summed E-state index contributed by atoms with van der Waals surface area (Å²) in [7, 11) is 0. The molecule has 0 spiro atoms. The molecule has 0 radical (unpaired) electrons. The van der Waals surface area contributed by atoms with Gasteiger partial charge in [-0.3, -0.25) is 14.9 Å². The van der Waals surface area contributed by atoms with E-state index in [2.05, 4.69) is 36.4 Å². The molecule has 0 aliphatic rings. The Balaban J connectivity index is 1.69. The van der Waals surface area contributed by atoms with E-state index < -0.39 is 17.2 Å². The number of hydrogen-bond donors (Lipinski definition) is 2. The lowest BCUT2D eigenvalue weighted by Gasteiger charge is -2.08. The second-order valence-corrected chi connectivity index (χ2v) is 7.32. The zero-order chi connectivity index (χ0) is 19.1. The highest BCUT2D eigenvalue weighted by molar-refractivity contribution is 9.10. The lowest BCUT2D eigenvalue weighted by molar-refractivity contribution is 0.101. The highest BCUT2D eigenvalue weighted by Gasteiger charge is 2.19. The topological polar surface area (TPSA) is 114 Å². The number of carbonyl (C=O) groups excluding carboxylic acids is 1. The first-order valence-electron chi connectivity index (χ1n) is 7.64. The highest BCUT2D eigenvalue weighted by Crippen LogP contribution is 2.18. The normalized spacial score (nSPS) is 11.0. The maximum atomic E-state index is 12.5. The van der Waals surface area contributed by atoms with Crippen molar-refractivity contribution in [2.24, 2.45) is 0 Å². The van der Waals surface area contributed by atoms with Crippen LogP contribution < -0.4 is 10.9 Å². The van der Waals surface area contributed by atoms with Crippen molar-refractivity contribution in [1.29, 1.82) is 0 Å². The molecule has 4 rings (SSSR count). The van der Waals surface area contributed by atoms with Crippen molar-refractivity contribution in [1.82, 2.24) is 24.4 Å². The molecule has 0 atom stereocenters. The summed E-state index contributed by atoms with van der Waals surface area (Å²) in [6.07, 6.45) is 0. The quantitative estimate of drug-likeness (QED) is 0.499. The number of amides is 1. The van der Waals surface area contributed by atoms with Gasteiger partial charge in [-0.25, -0.2) is 4.52 Å². The van der Waals surface area contributed by atoms with Gasteiger partial charge < -0.3 is 5.11 Å². The predicted molar refractivity (Wildman–Crippen MR) is 103 cm³/mol. The van der Waals surface area contributed by atoms with Crippen LogP contribution in [0.4, 0.5) is 5.95 Å². The first-order valence-corrected chi connectivity index (χ1v) is 9.31. The molecule has 0 saturated carbocycles. The Kier molecular flexibility index (Phi) is 4.24. The van der Waals surface area contributed by atoms with Gasteiger partial charge >= 0.3 is 0 Å². The van der Waals surface area contributed by atoms with Gasteiger partial charge in [0.2, 0.25) is 4.96 Å². The van der Waals surface area contributed by atoms with Crippen LogP contribution in [0, 0.1) is 6.92 Å². The smallest absolute Gasteiger partial charge is 0.282 e. The van der Waals surface area contributed by atoms with E-state index in [-0.39, 0.29) is 11.6 Å². The van der Waals surface area contributed by atoms with E-state index in [0.717, 1.165) is 20.9 Å². The molecule has 2 N–H and O–H groups in total. The molecule has 1 aromatic carbocycles. The van der Waals surface area contributed by atoms with Crippen LogP contribution in [0.15, 0.2) is 45.0 Å². The van der Waals surface area contributed by atoms with Gasteiger partial charge in [-0.05, 0) is 31.2 Å². The molecule has 11 heteroatoms. The third-order valence-corrected chi connectivity index (χ3v) is 5.13. The SMILES string of the molecule is Cc1csc2nc(NC(=O)c3nn(-c4ccc(Br)cc4)c(=O)cc3O)nn12. The van der Waals surface area contributed by atoms with Crippen LogP contribution in [0.3, 0.4) is 0 Å². The maximum absolute atomic E-state index is 12.5. The van der Waals surface area contributed by atoms with Crippen LogP contribution in [0.1, 0.15) is 16.2 Å². The second kappa shape index (κ2) is 6.59. The van der Waals surface area contributed by atoms with Gasteiger partial charge in [0, 0.05) is 15.9 Å². The fourth-order valence-corrected chi connectivity index (χ4v) is 3.45. The van der Waals surface area contributed by atoms with Gasteiger partial charge in [0.05, 0.1) is 11.4 Å². The Morgan fingerprint density at radius 1 is 1.26 bits per heavy atom. The fraction of sp³-hybridized carbons (Fsp3) is 0.0625. The van der Waals surface area contributed by atoms with E-state index in [1.54, 1.807) is 28.8 Å². The second-order valence-electron chi connectivity index (χ2n) is 5.57. The van der Waals surface area contributed by atoms with Gasteiger partial charge in [-0.15, -0.1) is 16.4 Å². The molecule has 27 heavy (non-hydrogen) atoms. The lowest BCUT2D eigenvalue weighted by atomic mass is 10.3. The number of aryl methyl sites for hydroxylation is 1. The molecule has 0 aliphatic carbocycles. The first kappa shape index (κ1) is 17.4. The van der Waals surface area contributed by atoms with E-state index >= 15 is 0 Å². The predicted octanol–water partition coefficient (Wildman–Crippen LogP) is 2.37. The number of nitrogens with zero attached hydrogens (tertiary/aromatic N) is 5. The summed E-state index contributed by atoms with van der Waals surface area (Å²) in [6.45, 7) is 1.87. The number of anilines is 1. The number of hydrogen-bond acceptors (Lipinski definition) is 7. The molecule has 136 valence electrons. The summed E-state index contributed by atoms with van der Waals surface area (Å²) >= 11 is 4.70.